The molecule has 0 radical (unpaired) electrons. The molecule has 0 bridgehead atoms. The maximum atomic E-state index is 13.5. The monoisotopic (exact) mass is 461 g/mol. The van der Waals surface area contributed by atoms with E-state index in [4.69, 9.17) is 21.6 Å². The lowest BCUT2D eigenvalue weighted by Gasteiger charge is -2.15. The molecule has 2 heterocycles. The van der Waals surface area contributed by atoms with Crippen molar-refractivity contribution in [1.29, 1.82) is 5.26 Å². The summed E-state index contributed by atoms with van der Waals surface area (Å²) in [6, 6.07) is 5.35. The lowest BCUT2D eigenvalue weighted by atomic mass is 10.1. The van der Waals surface area contributed by atoms with E-state index in [9.17, 15) is 22.8 Å². The molecule has 4 rings (SSSR count). The molecule has 2 aliphatic rings. The van der Waals surface area contributed by atoms with Gasteiger partial charge in [0.1, 0.15) is 5.75 Å². The second kappa shape index (κ2) is 8.05. The van der Waals surface area contributed by atoms with Gasteiger partial charge in [-0.1, -0.05) is 11.6 Å². The Balaban J connectivity index is 1.76. The second-order valence-electron chi connectivity index (χ2n) is 6.91. The number of carbonyl (C=O) groups excluding carboxylic acids is 1. The van der Waals surface area contributed by atoms with E-state index in [-0.39, 0.29) is 28.5 Å². The predicted molar refractivity (Wildman–Crippen MR) is 104 cm³/mol. The van der Waals surface area contributed by atoms with Crippen LogP contribution in [0.25, 0.3) is 0 Å². The lowest BCUT2D eigenvalue weighted by Crippen LogP contribution is -2.28. The van der Waals surface area contributed by atoms with Crippen LogP contribution < -0.4 is 10.3 Å². The molecule has 1 aromatic heterocycles. The van der Waals surface area contributed by atoms with Gasteiger partial charge in [-0.3, -0.25) is 14.2 Å². The molecular weight excluding hydrogens is 451 g/mol. The van der Waals surface area contributed by atoms with E-state index in [0.29, 0.717) is 12.0 Å². The number of nitrogens with zero attached hydrogens (tertiary/aromatic N) is 5. The number of alkyl halides is 3. The number of carbonyl (C=O) groups is 1. The molecule has 0 spiro atoms. The summed E-state index contributed by atoms with van der Waals surface area (Å²) in [5.74, 6) is -2.08. The molecule has 1 amide bonds. The third kappa shape index (κ3) is 4.45. The molecule has 1 fully saturated rings. The Morgan fingerprint density at radius 1 is 1.19 bits per heavy atom. The maximum absolute atomic E-state index is 13.5. The van der Waals surface area contributed by atoms with Crippen molar-refractivity contribution in [3.05, 3.63) is 74.1 Å². The van der Waals surface area contributed by atoms with Gasteiger partial charge in [-0.2, -0.15) is 18.4 Å². The number of amides is 1. The van der Waals surface area contributed by atoms with Gasteiger partial charge in [0.2, 0.25) is 5.75 Å². The fourth-order valence-electron chi connectivity index (χ4n) is 2.89. The zero-order valence-corrected chi connectivity index (χ0v) is 16.7. The molecule has 0 N–H and O–H groups in total. The van der Waals surface area contributed by atoms with Gasteiger partial charge in [-0.25, -0.2) is 4.98 Å². The van der Waals surface area contributed by atoms with Gasteiger partial charge in [-0.05, 0) is 42.7 Å². The molecular formula is C20H11ClF3N5O3. The van der Waals surface area contributed by atoms with E-state index in [1.165, 1.54) is 12.1 Å². The third-order valence-corrected chi connectivity index (χ3v) is 4.74. The number of benzene rings is 1. The first kappa shape index (κ1) is 21.5. The molecule has 1 aliphatic heterocycles. The highest BCUT2D eigenvalue weighted by Crippen LogP contribution is 2.36. The number of rotatable bonds is 4. The highest BCUT2D eigenvalue weighted by Gasteiger charge is 2.39. The van der Waals surface area contributed by atoms with Crippen LogP contribution in [0.1, 0.15) is 24.1 Å². The molecule has 1 aromatic carbocycles. The third-order valence-electron chi connectivity index (χ3n) is 4.52. The van der Waals surface area contributed by atoms with Gasteiger partial charge in [0, 0.05) is 10.6 Å². The summed E-state index contributed by atoms with van der Waals surface area (Å²) in [4.78, 5) is 28.3. The average Bonchev–Trinajstić information content (AvgIpc) is 3.56. The molecule has 162 valence electrons. The van der Waals surface area contributed by atoms with Crippen LogP contribution >= 0.6 is 11.6 Å². The standard InChI is InChI=1S/C20H11ClF3N5O3/c21-13-3-10(7-25)4-14(6-13)32-16-17(20(22,23)24)26-9-29(19(16)31)8-12-5-15(11-1-2-11)27-28-18(12)30/h3-6,9H,1-2,8H2. The normalized spacial score (nSPS) is 15.5. The summed E-state index contributed by atoms with van der Waals surface area (Å²) in [6.07, 6.45) is -1.23. The number of hydrogen-bond acceptors (Lipinski definition) is 6. The number of ether oxygens (including phenoxy) is 1. The quantitative estimate of drug-likeness (QED) is 0.663. The first-order valence-corrected chi connectivity index (χ1v) is 9.47. The van der Waals surface area contributed by atoms with E-state index in [1.54, 1.807) is 6.07 Å². The van der Waals surface area contributed by atoms with Gasteiger partial charge >= 0.3 is 6.18 Å². The van der Waals surface area contributed by atoms with Crippen molar-refractivity contribution in [3.63, 3.8) is 0 Å². The van der Waals surface area contributed by atoms with Crippen LogP contribution in [-0.4, -0.2) is 15.5 Å². The van der Waals surface area contributed by atoms with E-state index < -0.39 is 29.1 Å². The van der Waals surface area contributed by atoms with Gasteiger partial charge < -0.3 is 4.74 Å². The highest BCUT2D eigenvalue weighted by atomic mass is 35.5. The number of halogens is 4. The number of nitriles is 1. The Kier molecular flexibility index (Phi) is 5.40. The van der Waals surface area contributed by atoms with Crippen LogP contribution in [0.15, 0.2) is 62.5 Å². The molecule has 0 unspecified atom stereocenters. The van der Waals surface area contributed by atoms with Crippen LogP contribution in [0.3, 0.4) is 0 Å². The maximum Gasteiger partial charge on any atom is 0.437 e. The van der Waals surface area contributed by atoms with Crippen molar-refractivity contribution in [2.75, 3.05) is 0 Å². The largest absolute Gasteiger partial charge is 0.449 e. The van der Waals surface area contributed by atoms with Crippen molar-refractivity contribution in [2.45, 2.75) is 25.6 Å². The van der Waals surface area contributed by atoms with Crippen molar-refractivity contribution >= 4 is 17.5 Å². The Bertz CT molecular complexity index is 1330. The number of aromatic nitrogens is 2. The van der Waals surface area contributed by atoms with Gasteiger partial charge in [0.15, 0.2) is 5.69 Å². The van der Waals surface area contributed by atoms with Crippen LogP contribution in [-0.2, 0) is 17.5 Å². The molecule has 32 heavy (non-hydrogen) atoms. The fraction of sp³-hybridized carbons (Fsp3) is 0.200. The fourth-order valence-corrected chi connectivity index (χ4v) is 3.11. The van der Waals surface area contributed by atoms with Gasteiger partial charge in [0.05, 0.1) is 30.2 Å². The Morgan fingerprint density at radius 3 is 2.59 bits per heavy atom. The van der Waals surface area contributed by atoms with E-state index in [0.717, 1.165) is 35.1 Å². The number of allylic oxidation sites excluding steroid dienone is 2. The lowest BCUT2D eigenvalue weighted by molar-refractivity contribution is -0.142. The van der Waals surface area contributed by atoms with Crippen molar-refractivity contribution < 1.29 is 22.7 Å². The van der Waals surface area contributed by atoms with Crippen molar-refractivity contribution in [1.82, 2.24) is 9.55 Å². The van der Waals surface area contributed by atoms with E-state index >= 15 is 0 Å². The predicted octanol–water partition coefficient (Wildman–Crippen LogP) is 4.55. The van der Waals surface area contributed by atoms with Crippen LogP contribution in [0.4, 0.5) is 13.2 Å². The highest BCUT2D eigenvalue weighted by molar-refractivity contribution is 6.30. The Labute approximate surface area is 182 Å². The van der Waals surface area contributed by atoms with Crippen molar-refractivity contribution in [2.24, 2.45) is 10.2 Å². The summed E-state index contributed by atoms with van der Waals surface area (Å²) in [6.45, 7) is -0.381. The van der Waals surface area contributed by atoms with Gasteiger partial charge in [-0.15, -0.1) is 10.2 Å². The van der Waals surface area contributed by atoms with Crippen LogP contribution in [0.2, 0.25) is 5.02 Å². The zero-order chi connectivity index (χ0) is 23.0. The smallest absolute Gasteiger partial charge is 0.437 e. The van der Waals surface area contributed by atoms with Crippen molar-refractivity contribution in [3.8, 4) is 17.6 Å². The zero-order valence-electron chi connectivity index (χ0n) is 16.0. The minimum atomic E-state index is -5.00. The first-order chi connectivity index (χ1) is 15.2. The molecule has 1 saturated carbocycles. The molecule has 2 aromatic rings. The minimum Gasteiger partial charge on any atom is -0.449 e. The van der Waals surface area contributed by atoms with Crippen LogP contribution in [0.5, 0.6) is 11.5 Å². The SMILES string of the molecule is N#Cc1cc(Cl)cc(Oc2c(C(F)(F)F)ncn(CC3=CC(=C4CC4)N=NC3=O)c2=O)c1. The number of hydrogen-bond donors (Lipinski definition) is 0. The van der Waals surface area contributed by atoms with Crippen LogP contribution in [0, 0.1) is 11.3 Å². The van der Waals surface area contributed by atoms with E-state index in [2.05, 4.69) is 15.2 Å². The minimum absolute atomic E-state index is 0.0224. The summed E-state index contributed by atoms with van der Waals surface area (Å²) < 4.78 is 46.5. The van der Waals surface area contributed by atoms with E-state index in [1.807, 2.05) is 0 Å². The Hall–Kier alpha value is -3.78. The van der Waals surface area contributed by atoms with Gasteiger partial charge in [0.25, 0.3) is 11.5 Å². The average molecular weight is 462 g/mol. The first-order valence-electron chi connectivity index (χ1n) is 9.09. The molecule has 8 nitrogen and oxygen atoms in total. The molecule has 1 aliphatic carbocycles. The molecule has 0 saturated heterocycles. The summed E-state index contributed by atoms with van der Waals surface area (Å²) in [5, 5.41) is 16.4. The topological polar surface area (TPSA) is 110 Å². The Morgan fingerprint density at radius 2 is 1.94 bits per heavy atom. The summed E-state index contributed by atoms with van der Waals surface area (Å²) in [5.41, 5.74) is -1.14. The molecule has 0 atom stereocenters. The number of azo groups is 1. The molecule has 12 heteroatoms. The summed E-state index contributed by atoms with van der Waals surface area (Å²) in [7, 11) is 0. The second-order valence-corrected chi connectivity index (χ2v) is 7.34. The summed E-state index contributed by atoms with van der Waals surface area (Å²) >= 11 is 5.86.